The minimum absolute atomic E-state index is 0. The molecule has 0 amide bonds. The van der Waals surface area contributed by atoms with Gasteiger partial charge in [-0.1, -0.05) is 193 Å². The van der Waals surface area contributed by atoms with Gasteiger partial charge in [-0.2, -0.15) is 5.10 Å². The van der Waals surface area contributed by atoms with Crippen molar-refractivity contribution in [1.82, 2.24) is 33.9 Å². The van der Waals surface area contributed by atoms with E-state index in [9.17, 15) is 0 Å². The summed E-state index contributed by atoms with van der Waals surface area (Å²) in [4.78, 5) is 14.1. The zero-order chi connectivity index (χ0) is 67.4. The Morgan fingerprint density at radius 1 is 0.418 bits per heavy atom. The van der Waals surface area contributed by atoms with Crippen LogP contribution < -0.4 is 0 Å². The van der Waals surface area contributed by atoms with Crippen LogP contribution in [0.2, 0.25) is 0 Å². The van der Waals surface area contributed by atoms with Crippen LogP contribution in [0, 0.1) is 32.0 Å². The fourth-order valence-corrected chi connectivity index (χ4v) is 12.6. The fourth-order valence-electron chi connectivity index (χ4n) is 12.6. The normalized spacial score (nSPS) is 11.2. The Bertz CT molecular complexity index is 4320. The first-order valence-corrected chi connectivity index (χ1v) is 34.3. The van der Waals surface area contributed by atoms with Gasteiger partial charge in [0.25, 0.3) is 0 Å². The molecular weight excluding hydrogens is 1730 g/mol. The number of imidazole rings is 2. The molecule has 9 aromatic carbocycles. The Morgan fingerprint density at radius 2 is 0.878 bits per heavy atom. The predicted octanol–water partition coefficient (Wildman–Crippen LogP) is 23.2. The molecule has 0 N–H and O–H groups in total. The van der Waals surface area contributed by atoms with Gasteiger partial charge in [0.2, 0.25) is 0 Å². The SMILES string of the molecule is CC(C)c1cc(-c2ccccc2)cc(C(C)C)c1-n1ccnc1-c1[c-]cccc1.CCCCCCc1cc(C)c(-n2ccnc2-c2[c-]cccc2)c(C)c1.CCCc1nc(-c2[c-]ccc(-c3cc(-c4ccc(C(C)(C)C)cc4)cc(-c4ccc(C(C)(C)C)cc4)c3)c2)n(C)n1.[Ir].[Ir].[Ir]. The van der Waals surface area contributed by atoms with Gasteiger partial charge in [0.05, 0.1) is 17.5 Å². The molecule has 0 aliphatic carbocycles. The first-order chi connectivity index (χ1) is 45.7. The quantitative estimate of drug-likeness (QED) is 0.0634. The molecule has 3 heterocycles. The zero-order valence-corrected chi connectivity index (χ0v) is 67.1. The third-order valence-electron chi connectivity index (χ3n) is 17.8. The minimum atomic E-state index is 0. The molecule has 3 radical (unpaired) electrons. The van der Waals surface area contributed by atoms with Crippen LogP contribution in [0.25, 0.3) is 90.0 Å². The van der Waals surface area contributed by atoms with E-state index >= 15 is 0 Å². The van der Waals surface area contributed by atoms with E-state index < -0.39 is 0 Å². The second-order valence-electron chi connectivity index (χ2n) is 28.0. The number of hydrogen-bond donors (Lipinski definition) is 0. The molecule has 0 atom stereocenters. The summed E-state index contributed by atoms with van der Waals surface area (Å²) in [5.41, 5.74) is 24.8. The molecule has 0 aliphatic rings. The van der Waals surface area contributed by atoms with E-state index in [1.165, 1.54) is 121 Å². The molecule has 0 saturated carbocycles. The summed E-state index contributed by atoms with van der Waals surface area (Å²) in [6, 6.07) is 77.4. The maximum Gasteiger partial charge on any atom is 0.140 e. The molecule has 12 rings (SSSR count). The summed E-state index contributed by atoms with van der Waals surface area (Å²) in [6.45, 7) is 31.4. The number of aromatic nitrogens is 7. The van der Waals surface area contributed by atoms with E-state index in [1.54, 1.807) is 0 Å². The summed E-state index contributed by atoms with van der Waals surface area (Å²) in [5, 5.41) is 4.62. The monoisotopic (exact) mass is 1830 g/mol. The average molecular weight is 1830 g/mol. The summed E-state index contributed by atoms with van der Waals surface area (Å²) in [5.74, 6) is 4.39. The topological polar surface area (TPSA) is 66.3 Å². The molecule has 0 saturated heterocycles. The van der Waals surface area contributed by atoms with Gasteiger partial charge >= 0.3 is 0 Å². The Kier molecular flexibility index (Phi) is 28.2. The van der Waals surface area contributed by atoms with Gasteiger partial charge in [0, 0.05) is 110 Å². The van der Waals surface area contributed by atoms with Gasteiger partial charge in [-0.25, -0.2) is 0 Å². The first-order valence-electron chi connectivity index (χ1n) is 34.3. The van der Waals surface area contributed by atoms with Crippen LogP contribution in [0.4, 0.5) is 0 Å². The molecule has 0 unspecified atom stereocenters. The van der Waals surface area contributed by atoms with E-state index in [0.717, 1.165) is 58.4 Å². The molecular formula is C88H96Ir3N7-3. The van der Waals surface area contributed by atoms with Gasteiger partial charge in [-0.3, -0.25) is 19.6 Å². The van der Waals surface area contributed by atoms with Gasteiger partial charge in [0.1, 0.15) is 5.82 Å². The number of hydrogen-bond acceptors (Lipinski definition) is 4. The van der Waals surface area contributed by atoms with Crippen molar-refractivity contribution >= 4 is 0 Å². The van der Waals surface area contributed by atoms with Crippen LogP contribution in [0.3, 0.4) is 0 Å². The van der Waals surface area contributed by atoms with Crippen molar-refractivity contribution in [2.24, 2.45) is 7.05 Å². The van der Waals surface area contributed by atoms with Crippen molar-refractivity contribution in [2.45, 2.75) is 165 Å². The summed E-state index contributed by atoms with van der Waals surface area (Å²) < 4.78 is 6.30. The molecule has 0 aliphatic heterocycles. The molecule has 98 heavy (non-hydrogen) atoms. The standard InChI is InChI=1S/C38H42N3.C27H27N2.C23H27N2.3Ir/c1-9-11-35-39-36(41(8)40-35)29-13-10-12-28(22-29)32-24-30(26-14-18-33(19-15-26)37(2,3)4)23-31(25-32)27-16-20-34(21-17-27)38(5,6)7;1-19(2)24-17-23(21-11-7-5-8-12-21)18-25(20(3)4)26(24)29-16-15-28-27(29)22-13-9-6-10-14-22;1-4-5-6-8-11-20-16-18(2)22(19(3)17-20)25-15-14-24-23(25)21-12-9-7-10-13-21;;;/h10,12,14-25H,9,11H2,1-8H3;5-13,15-20H,1-4H3;7,9-10,12,14-17H,4-6,8,11H2,1-3H3;;;/q3*-1;;;. The summed E-state index contributed by atoms with van der Waals surface area (Å²) >= 11 is 0. The van der Waals surface area contributed by atoms with Crippen LogP contribution in [0.5, 0.6) is 0 Å². The van der Waals surface area contributed by atoms with Crippen molar-refractivity contribution in [2.75, 3.05) is 0 Å². The van der Waals surface area contributed by atoms with Gasteiger partial charge in [-0.15, -0.1) is 107 Å². The van der Waals surface area contributed by atoms with Crippen molar-refractivity contribution in [3.05, 3.63) is 276 Å². The molecule has 10 heteroatoms. The summed E-state index contributed by atoms with van der Waals surface area (Å²) in [7, 11) is 1.96. The Labute approximate surface area is 626 Å². The number of benzene rings is 9. The molecule has 12 aromatic rings. The second-order valence-corrected chi connectivity index (χ2v) is 28.0. The Balaban J connectivity index is 0.000000211. The van der Waals surface area contributed by atoms with Crippen molar-refractivity contribution in [3.8, 4) is 90.0 Å². The number of nitrogens with zero attached hydrogens (tertiary/aromatic N) is 7. The third kappa shape index (κ3) is 19.3. The van der Waals surface area contributed by atoms with Gasteiger partial charge < -0.3 is 9.13 Å². The average Bonchev–Trinajstić information content (AvgIpc) is 1.39. The van der Waals surface area contributed by atoms with Crippen LogP contribution >= 0.6 is 0 Å². The molecule has 3 aromatic heterocycles. The number of rotatable bonds is 18. The van der Waals surface area contributed by atoms with Crippen LogP contribution in [-0.2, 0) is 91.0 Å². The number of aryl methyl sites for hydroxylation is 5. The van der Waals surface area contributed by atoms with E-state index in [2.05, 4.69) is 291 Å². The molecule has 0 bridgehead atoms. The fraction of sp³-hybridized carbons (Fsp3) is 0.295. The Hall–Kier alpha value is -7.51. The third-order valence-corrected chi connectivity index (χ3v) is 17.8. The van der Waals surface area contributed by atoms with Crippen molar-refractivity contribution in [3.63, 3.8) is 0 Å². The van der Waals surface area contributed by atoms with E-state index in [0.29, 0.717) is 11.8 Å². The largest absolute Gasteiger partial charge is 0.340 e. The smallest absolute Gasteiger partial charge is 0.140 e. The van der Waals surface area contributed by atoms with Crippen molar-refractivity contribution < 1.29 is 60.3 Å². The van der Waals surface area contributed by atoms with Crippen LogP contribution in [0.15, 0.2) is 213 Å². The van der Waals surface area contributed by atoms with E-state index in [4.69, 9.17) is 4.98 Å². The van der Waals surface area contributed by atoms with Crippen molar-refractivity contribution in [1.29, 1.82) is 0 Å². The van der Waals surface area contributed by atoms with E-state index in [1.807, 2.05) is 72.8 Å². The number of unbranched alkanes of at least 4 members (excludes halogenated alkanes) is 3. The van der Waals surface area contributed by atoms with Gasteiger partial charge in [-0.05, 0) is 164 Å². The minimum Gasteiger partial charge on any atom is -0.340 e. The molecule has 0 spiro atoms. The second kappa shape index (κ2) is 35.5. The maximum atomic E-state index is 4.81. The molecule has 0 fully saturated rings. The molecule has 513 valence electrons. The van der Waals surface area contributed by atoms with Crippen LogP contribution in [-0.4, -0.2) is 33.9 Å². The predicted molar refractivity (Wildman–Crippen MR) is 400 cm³/mol. The van der Waals surface area contributed by atoms with Gasteiger partial charge in [0.15, 0.2) is 0 Å². The maximum absolute atomic E-state index is 4.81. The van der Waals surface area contributed by atoms with Crippen LogP contribution in [0.1, 0.15) is 172 Å². The Morgan fingerprint density at radius 3 is 1.34 bits per heavy atom. The van der Waals surface area contributed by atoms with E-state index in [-0.39, 0.29) is 71.1 Å². The first kappa shape index (κ1) is 77.8. The molecule has 7 nitrogen and oxygen atoms in total. The zero-order valence-electron chi connectivity index (χ0n) is 59.9. The summed E-state index contributed by atoms with van der Waals surface area (Å²) in [6.07, 6.45) is 16.2.